The maximum atomic E-state index is 13.2. The van der Waals surface area contributed by atoms with Gasteiger partial charge in [0, 0.05) is 21.8 Å². The fraction of sp³-hybridized carbons (Fsp3) is 0.120. The van der Waals surface area contributed by atoms with Crippen LogP contribution in [0, 0.1) is 6.92 Å². The molecule has 0 aromatic heterocycles. The van der Waals surface area contributed by atoms with Crippen LogP contribution in [-0.2, 0) is 9.59 Å². The van der Waals surface area contributed by atoms with E-state index >= 15 is 0 Å². The molecular formula is C25H20BrNO4. The molecule has 1 N–H and O–H groups in total. The van der Waals surface area contributed by atoms with E-state index in [0.29, 0.717) is 17.0 Å². The summed E-state index contributed by atoms with van der Waals surface area (Å²) in [6, 6.07) is 20.7. The normalized spacial score (nSPS) is 17.8. The van der Waals surface area contributed by atoms with Crippen LogP contribution in [0.1, 0.15) is 22.7 Å². The maximum absolute atomic E-state index is 13.2. The lowest BCUT2D eigenvalue weighted by Crippen LogP contribution is -2.29. The molecule has 0 saturated carbocycles. The zero-order valence-corrected chi connectivity index (χ0v) is 18.6. The van der Waals surface area contributed by atoms with Crippen LogP contribution >= 0.6 is 15.9 Å². The molecule has 156 valence electrons. The number of ketones is 1. The third-order valence-electron chi connectivity index (χ3n) is 5.25. The number of benzene rings is 3. The summed E-state index contributed by atoms with van der Waals surface area (Å²) in [7, 11) is 1.54. The number of amides is 1. The van der Waals surface area contributed by atoms with E-state index in [0.717, 1.165) is 15.6 Å². The first-order chi connectivity index (χ1) is 14.9. The van der Waals surface area contributed by atoms with E-state index in [1.165, 1.54) is 4.90 Å². The van der Waals surface area contributed by atoms with Gasteiger partial charge in [-0.15, -0.1) is 0 Å². The van der Waals surface area contributed by atoms with Crippen LogP contribution in [0.25, 0.3) is 5.76 Å². The number of Topliss-reactive ketones (excluding diaryl/α,β-unsaturated/α-hetero) is 1. The number of aryl methyl sites for hydroxylation is 1. The number of ether oxygens (including phenoxy) is 1. The van der Waals surface area contributed by atoms with Gasteiger partial charge < -0.3 is 9.84 Å². The molecule has 5 nitrogen and oxygen atoms in total. The van der Waals surface area contributed by atoms with E-state index in [1.807, 2.05) is 31.2 Å². The molecule has 1 aliphatic heterocycles. The molecule has 0 spiro atoms. The largest absolute Gasteiger partial charge is 0.507 e. The molecule has 4 rings (SSSR count). The van der Waals surface area contributed by atoms with Crippen molar-refractivity contribution in [2.75, 3.05) is 12.0 Å². The Bertz CT molecular complexity index is 1200. The van der Waals surface area contributed by atoms with E-state index < -0.39 is 17.7 Å². The Labute approximate surface area is 188 Å². The molecule has 1 amide bonds. The Morgan fingerprint density at radius 3 is 2.39 bits per heavy atom. The first kappa shape index (κ1) is 20.9. The summed E-state index contributed by atoms with van der Waals surface area (Å²) in [5.74, 6) is -1.06. The molecule has 1 fully saturated rings. The highest BCUT2D eigenvalue weighted by atomic mass is 79.9. The lowest BCUT2D eigenvalue weighted by Gasteiger charge is -2.26. The Balaban J connectivity index is 1.95. The molecular weight excluding hydrogens is 458 g/mol. The maximum Gasteiger partial charge on any atom is 0.300 e. The quantitative estimate of drug-likeness (QED) is 0.310. The van der Waals surface area contributed by atoms with Crippen molar-refractivity contribution >= 4 is 39.1 Å². The van der Waals surface area contributed by atoms with E-state index in [-0.39, 0.29) is 11.3 Å². The van der Waals surface area contributed by atoms with Crippen LogP contribution in [0.15, 0.2) is 82.8 Å². The second kappa shape index (κ2) is 8.40. The Hall–Kier alpha value is -3.38. The molecule has 1 unspecified atom stereocenters. The van der Waals surface area contributed by atoms with Crippen LogP contribution in [0.4, 0.5) is 5.69 Å². The van der Waals surface area contributed by atoms with Gasteiger partial charge >= 0.3 is 0 Å². The van der Waals surface area contributed by atoms with Crippen molar-refractivity contribution < 1.29 is 19.4 Å². The zero-order chi connectivity index (χ0) is 22.1. The SMILES string of the molecule is COc1cccc(N2C(=O)C(=O)/C(=C(/O)c3ccc(Br)cc3)C2c2cccc(C)c2)c1. The van der Waals surface area contributed by atoms with E-state index in [2.05, 4.69) is 15.9 Å². The van der Waals surface area contributed by atoms with Gasteiger partial charge in [0.2, 0.25) is 0 Å². The summed E-state index contributed by atoms with van der Waals surface area (Å²) in [4.78, 5) is 27.7. The fourth-order valence-electron chi connectivity index (χ4n) is 3.78. The van der Waals surface area contributed by atoms with Gasteiger partial charge in [-0.2, -0.15) is 0 Å². The number of rotatable bonds is 4. The molecule has 3 aromatic rings. The Kier molecular flexibility index (Phi) is 5.65. The molecule has 1 aliphatic rings. The van der Waals surface area contributed by atoms with Gasteiger partial charge in [-0.1, -0.05) is 64.0 Å². The third kappa shape index (κ3) is 3.86. The number of aliphatic hydroxyl groups excluding tert-OH is 1. The number of hydrogen-bond donors (Lipinski definition) is 1. The first-order valence-electron chi connectivity index (χ1n) is 9.68. The Morgan fingerprint density at radius 2 is 1.71 bits per heavy atom. The summed E-state index contributed by atoms with van der Waals surface area (Å²) < 4.78 is 6.15. The predicted molar refractivity (Wildman–Crippen MR) is 123 cm³/mol. The molecule has 6 heteroatoms. The number of hydrogen-bond acceptors (Lipinski definition) is 4. The minimum Gasteiger partial charge on any atom is -0.507 e. The van der Waals surface area contributed by atoms with Crippen LogP contribution in [-0.4, -0.2) is 23.9 Å². The van der Waals surface area contributed by atoms with Crippen molar-refractivity contribution in [3.8, 4) is 5.75 Å². The Morgan fingerprint density at radius 1 is 1.00 bits per heavy atom. The number of nitrogens with zero attached hydrogens (tertiary/aromatic N) is 1. The van der Waals surface area contributed by atoms with Crippen LogP contribution < -0.4 is 9.64 Å². The van der Waals surface area contributed by atoms with Crippen molar-refractivity contribution in [1.29, 1.82) is 0 Å². The van der Waals surface area contributed by atoms with Gasteiger partial charge in [0.1, 0.15) is 11.5 Å². The molecule has 1 heterocycles. The van der Waals surface area contributed by atoms with Gasteiger partial charge in [0.05, 0.1) is 18.7 Å². The molecule has 0 aliphatic carbocycles. The number of methoxy groups -OCH3 is 1. The van der Waals surface area contributed by atoms with Gasteiger partial charge in [-0.05, 0) is 36.8 Å². The number of halogens is 1. The number of anilines is 1. The second-order valence-electron chi connectivity index (χ2n) is 7.29. The van der Waals surface area contributed by atoms with Crippen molar-refractivity contribution in [3.05, 3.63) is 99.5 Å². The van der Waals surface area contributed by atoms with Gasteiger partial charge in [-0.25, -0.2) is 0 Å². The summed E-state index contributed by atoms with van der Waals surface area (Å²) in [5.41, 5.74) is 2.76. The van der Waals surface area contributed by atoms with E-state index in [9.17, 15) is 14.7 Å². The highest BCUT2D eigenvalue weighted by molar-refractivity contribution is 9.10. The molecule has 0 bridgehead atoms. The summed E-state index contributed by atoms with van der Waals surface area (Å²) in [5, 5.41) is 11.1. The third-order valence-corrected chi connectivity index (χ3v) is 5.78. The molecule has 1 atom stereocenters. The minimum atomic E-state index is -0.768. The van der Waals surface area contributed by atoms with Gasteiger partial charge in [0.15, 0.2) is 0 Å². The van der Waals surface area contributed by atoms with Crippen molar-refractivity contribution in [1.82, 2.24) is 0 Å². The summed E-state index contributed by atoms with van der Waals surface area (Å²) >= 11 is 3.37. The smallest absolute Gasteiger partial charge is 0.300 e. The summed E-state index contributed by atoms with van der Waals surface area (Å²) in [6.07, 6.45) is 0. The topological polar surface area (TPSA) is 66.8 Å². The number of aliphatic hydroxyl groups is 1. The van der Waals surface area contributed by atoms with Crippen LogP contribution in [0.3, 0.4) is 0 Å². The molecule has 0 radical (unpaired) electrons. The zero-order valence-electron chi connectivity index (χ0n) is 17.0. The molecule has 31 heavy (non-hydrogen) atoms. The first-order valence-corrected chi connectivity index (χ1v) is 10.5. The minimum absolute atomic E-state index is 0.0562. The van der Waals surface area contributed by atoms with Gasteiger partial charge in [-0.3, -0.25) is 14.5 Å². The average Bonchev–Trinajstić information content (AvgIpc) is 3.04. The van der Waals surface area contributed by atoms with Crippen LogP contribution in [0.5, 0.6) is 5.75 Å². The fourth-order valence-corrected chi connectivity index (χ4v) is 4.04. The van der Waals surface area contributed by atoms with Gasteiger partial charge in [0.25, 0.3) is 11.7 Å². The summed E-state index contributed by atoms with van der Waals surface area (Å²) in [6.45, 7) is 1.94. The van der Waals surface area contributed by atoms with E-state index in [1.54, 1.807) is 55.6 Å². The lowest BCUT2D eigenvalue weighted by atomic mass is 9.94. The average molecular weight is 478 g/mol. The van der Waals surface area contributed by atoms with Crippen molar-refractivity contribution in [2.24, 2.45) is 0 Å². The van der Waals surface area contributed by atoms with Crippen LogP contribution in [0.2, 0.25) is 0 Å². The predicted octanol–water partition coefficient (Wildman–Crippen LogP) is 5.39. The monoisotopic (exact) mass is 477 g/mol. The van der Waals surface area contributed by atoms with Crippen molar-refractivity contribution in [2.45, 2.75) is 13.0 Å². The highest BCUT2D eigenvalue weighted by Crippen LogP contribution is 2.43. The second-order valence-corrected chi connectivity index (χ2v) is 8.21. The lowest BCUT2D eigenvalue weighted by molar-refractivity contribution is -0.132. The number of carbonyl (C=O) groups excluding carboxylic acids is 2. The standard InChI is InChI=1S/C25H20BrNO4/c1-15-5-3-6-17(13-15)22-21(23(28)16-9-11-18(26)12-10-16)24(29)25(30)27(22)19-7-4-8-20(14-19)31-2/h3-14,22,28H,1-2H3/b23-21+. The number of carbonyl (C=O) groups is 2. The molecule has 3 aromatic carbocycles. The van der Waals surface area contributed by atoms with Crippen molar-refractivity contribution in [3.63, 3.8) is 0 Å². The highest BCUT2D eigenvalue weighted by Gasteiger charge is 2.47. The van der Waals surface area contributed by atoms with E-state index in [4.69, 9.17) is 4.74 Å². The molecule has 1 saturated heterocycles.